The van der Waals surface area contributed by atoms with Crippen molar-refractivity contribution < 1.29 is 9.59 Å². The molecule has 0 aliphatic rings. The number of anilines is 1. The number of carbonyl (C=O) groups is 2. The lowest BCUT2D eigenvalue weighted by Crippen LogP contribution is -2.36. The molecular weight excluding hydrogens is 280 g/mol. The summed E-state index contributed by atoms with van der Waals surface area (Å²) in [4.78, 5) is 29.2. The molecule has 0 aromatic carbocycles. The van der Waals surface area contributed by atoms with Crippen LogP contribution in [-0.2, 0) is 0 Å². The summed E-state index contributed by atoms with van der Waals surface area (Å²) in [5.74, 6) is 0.418. The topological polar surface area (TPSA) is 74.3 Å². The molecule has 0 saturated carbocycles. The second-order valence-corrected chi connectivity index (χ2v) is 6.10. The molecule has 1 rings (SSSR count). The maximum atomic E-state index is 11.9. The van der Waals surface area contributed by atoms with Crippen molar-refractivity contribution in [3.05, 3.63) is 24.0 Å². The van der Waals surface area contributed by atoms with Crippen molar-refractivity contribution >= 4 is 17.6 Å². The first kappa shape index (κ1) is 17.9. The van der Waals surface area contributed by atoms with Gasteiger partial charge in [-0.25, -0.2) is 4.79 Å². The van der Waals surface area contributed by atoms with Crippen molar-refractivity contribution in [2.24, 2.45) is 5.92 Å². The molecule has 1 aromatic heterocycles. The van der Waals surface area contributed by atoms with Gasteiger partial charge in [-0.1, -0.05) is 13.8 Å². The summed E-state index contributed by atoms with van der Waals surface area (Å²) in [6.45, 7) is 6.30. The number of nitrogens with one attached hydrogen (secondary N) is 2. The molecular formula is C16H26N4O2. The van der Waals surface area contributed by atoms with Crippen LogP contribution < -0.4 is 10.6 Å². The van der Waals surface area contributed by atoms with E-state index in [1.54, 1.807) is 26.2 Å². The molecule has 22 heavy (non-hydrogen) atoms. The van der Waals surface area contributed by atoms with Gasteiger partial charge in [0, 0.05) is 32.0 Å². The van der Waals surface area contributed by atoms with Gasteiger partial charge in [-0.05, 0) is 37.8 Å². The van der Waals surface area contributed by atoms with Gasteiger partial charge in [-0.2, -0.15) is 0 Å². The predicted octanol–water partition coefficient (Wildman–Crippen LogP) is 2.73. The van der Waals surface area contributed by atoms with E-state index < -0.39 is 0 Å². The van der Waals surface area contributed by atoms with Crippen LogP contribution in [0.25, 0.3) is 0 Å². The summed E-state index contributed by atoms with van der Waals surface area (Å²) < 4.78 is 0. The number of rotatable bonds is 6. The number of aromatic nitrogens is 1. The van der Waals surface area contributed by atoms with E-state index in [-0.39, 0.29) is 18.0 Å². The lowest BCUT2D eigenvalue weighted by molar-refractivity contribution is 0.0822. The van der Waals surface area contributed by atoms with E-state index in [4.69, 9.17) is 0 Å². The summed E-state index contributed by atoms with van der Waals surface area (Å²) in [5.41, 5.74) is 0.851. The predicted molar refractivity (Wildman–Crippen MR) is 87.9 cm³/mol. The van der Waals surface area contributed by atoms with E-state index in [2.05, 4.69) is 29.5 Å². The molecule has 1 aromatic rings. The van der Waals surface area contributed by atoms with Gasteiger partial charge in [0.2, 0.25) is 0 Å². The SMILES string of the molecule is CC(C)CCC(C)NC(=O)Nc1ccnc(C(=O)N(C)C)c1. The molecule has 1 atom stereocenters. The summed E-state index contributed by atoms with van der Waals surface area (Å²) >= 11 is 0. The zero-order valence-electron chi connectivity index (χ0n) is 14.0. The molecule has 0 spiro atoms. The molecule has 0 fully saturated rings. The average molecular weight is 306 g/mol. The summed E-state index contributed by atoms with van der Waals surface area (Å²) in [6, 6.07) is 3.06. The lowest BCUT2D eigenvalue weighted by atomic mass is 10.0. The Morgan fingerprint density at radius 2 is 1.91 bits per heavy atom. The van der Waals surface area contributed by atoms with Crippen molar-refractivity contribution in [3.63, 3.8) is 0 Å². The monoisotopic (exact) mass is 306 g/mol. The van der Waals surface area contributed by atoms with Gasteiger partial charge in [0.15, 0.2) is 0 Å². The van der Waals surface area contributed by atoms with Crippen LogP contribution in [0, 0.1) is 5.92 Å². The summed E-state index contributed by atoms with van der Waals surface area (Å²) in [7, 11) is 3.32. The van der Waals surface area contributed by atoms with E-state index in [0.29, 0.717) is 17.3 Å². The molecule has 0 aliphatic heterocycles. The maximum absolute atomic E-state index is 11.9. The molecule has 1 heterocycles. The number of amides is 3. The van der Waals surface area contributed by atoms with Crippen LogP contribution in [-0.4, -0.2) is 42.0 Å². The van der Waals surface area contributed by atoms with Crippen molar-refractivity contribution in [1.29, 1.82) is 0 Å². The highest BCUT2D eigenvalue weighted by atomic mass is 16.2. The van der Waals surface area contributed by atoms with Crippen LogP contribution in [0.15, 0.2) is 18.3 Å². The van der Waals surface area contributed by atoms with Crippen molar-refractivity contribution in [2.45, 2.75) is 39.7 Å². The van der Waals surface area contributed by atoms with Gasteiger partial charge in [0.05, 0.1) is 0 Å². The van der Waals surface area contributed by atoms with Crippen molar-refractivity contribution in [2.75, 3.05) is 19.4 Å². The van der Waals surface area contributed by atoms with Gasteiger partial charge in [-0.3, -0.25) is 9.78 Å². The van der Waals surface area contributed by atoms with Crippen molar-refractivity contribution in [1.82, 2.24) is 15.2 Å². The van der Waals surface area contributed by atoms with Gasteiger partial charge >= 0.3 is 6.03 Å². The first-order chi connectivity index (χ1) is 10.3. The Kier molecular flexibility index (Phi) is 6.82. The third-order valence-electron chi connectivity index (χ3n) is 3.20. The number of nitrogens with zero attached hydrogens (tertiary/aromatic N) is 2. The van der Waals surface area contributed by atoms with Gasteiger partial charge < -0.3 is 15.5 Å². The Hall–Kier alpha value is -2.11. The normalized spacial score (nSPS) is 11.9. The van der Waals surface area contributed by atoms with E-state index in [0.717, 1.165) is 12.8 Å². The number of pyridine rings is 1. The molecule has 2 N–H and O–H groups in total. The van der Waals surface area contributed by atoms with Crippen molar-refractivity contribution in [3.8, 4) is 0 Å². The quantitative estimate of drug-likeness (QED) is 0.848. The fourth-order valence-electron chi connectivity index (χ4n) is 1.90. The Morgan fingerprint density at radius 1 is 1.23 bits per heavy atom. The fourth-order valence-corrected chi connectivity index (χ4v) is 1.90. The molecule has 3 amide bonds. The number of hydrogen-bond acceptors (Lipinski definition) is 3. The van der Waals surface area contributed by atoms with E-state index in [1.165, 1.54) is 11.1 Å². The standard InChI is InChI=1S/C16H26N4O2/c1-11(2)6-7-12(3)18-16(22)19-13-8-9-17-14(10-13)15(21)20(4)5/h8-12H,6-7H2,1-5H3,(H2,17,18,19,22). The molecule has 6 heteroatoms. The molecule has 6 nitrogen and oxygen atoms in total. The Labute approximate surface area is 132 Å². The van der Waals surface area contributed by atoms with E-state index >= 15 is 0 Å². The molecule has 0 bridgehead atoms. The minimum absolute atomic E-state index is 0.104. The second kappa shape index (κ2) is 8.36. The van der Waals surface area contributed by atoms with Gasteiger partial charge in [0.1, 0.15) is 5.69 Å². The Balaban J connectivity index is 2.57. The summed E-state index contributed by atoms with van der Waals surface area (Å²) in [6.07, 6.45) is 3.51. The van der Waals surface area contributed by atoms with Crippen LogP contribution in [0.5, 0.6) is 0 Å². The first-order valence-electron chi connectivity index (χ1n) is 7.54. The van der Waals surface area contributed by atoms with Crippen LogP contribution in [0.2, 0.25) is 0 Å². The highest BCUT2D eigenvalue weighted by Crippen LogP contribution is 2.10. The zero-order chi connectivity index (χ0) is 16.7. The fraction of sp³-hybridized carbons (Fsp3) is 0.562. The molecule has 0 radical (unpaired) electrons. The molecule has 1 unspecified atom stereocenters. The smallest absolute Gasteiger partial charge is 0.319 e. The van der Waals surface area contributed by atoms with Crippen LogP contribution in [0.1, 0.15) is 44.1 Å². The molecule has 122 valence electrons. The number of hydrogen-bond donors (Lipinski definition) is 2. The minimum Gasteiger partial charge on any atom is -0.343 e. The van der Waals surface area contributed by atoms with Gasteiger partial charge in [0.25, 0.3) is 5.91 Å². The molecule has 0 aliphatic carbocycles. The zero-order valence-corrected chi connectivity index (χ0v) is 14.0. The highest BCUT2D eigenvalue weighted by molar-refractivity contribution is 5.95. The minimum atomic E-state index is -0.272. The van der Waals surface area contributed by atoms with Gasteiger partial charge in [-0.15, -0.1) is 0 Å². The number of carbonyl (C=O) groups excluding carboxylic acids is 2. The number of urea groups is 1. The largest absolute Gasteiger partial charge is 0.343 e. The third kappa shape index (κ3) is 6.11. The Morgan fingerprint density at radius 3 is 2.50 bits per heavy atom. The lowest BCUT2D eigenvalue weighted by Gasteiger charge is -2.16. The molecule has 0 saturated heterocycles. The summed E-state index contributed by atoms with van der Waals surface area (Å²) in [5, 5.41) is 5.62. The van der Waals surface area contributed by atoms with E-state index in [1.807, 2.05) is 6.92 Å². The second-order valence-electron chi connectivity index (χ2n) is 6.10. The van der Waals surface area contributed by atoms with E-state index in [9.17, 15) is 9.59 Å². The first-order valence-corrected chi connectivity index (χ1v) is 7.54. The third-order valence-corrected chi connectivity index (χ3v) is 3.20. The maximum Gasteiger partial charge on any atom is 0.319 e. The van der Waals surface area contributed by atoms with Crippen LogP contribution in [0.3, 0.4) is 0 Å². The van der Waals surface area contributed by atoms with Crippen LogP contribution >= 0.6 is 0 Å². The van der Waals surface area contributed by atoms with Crippen LogP contribution in [0.4, 0.5) is 10.5 Å². The highest BCUT2D eigenvalue weighted by Gasteiger charge is 2.12. The average Bonchev–Trinajstić information content (AvgIpc) is 2.44. The Bertz CT molecular complexity index is 515.